The van der Waals surface area contributed by atoms with Gasteiger partial charge in [0.2, 0.25) is 5.91 Å². The lowest BCUT2D eigenvalue weighted by molar-refractivity contribution is -0.142. The van der Waals surface area contributed by atoms with Gasteiger partial charge in [-0.05, 0) is 32.6 Å². The van der Waals surface area contributed by atoms with Gasteiger partial charge >= 0.3 is 5.97 Å². The fourth-order valence-electron chi connectivity index (χ4n) is 3.89. The molecule has 2 N–H and O–H groups in total. The van der Waals surface area contributed by atoms with Crippen molar-refractivity contribution in [2.45, 2.75) is 129 Å². The Hall–Kier alpha value is -1.80. The summed E-state index contributed by atoms with van der Waals surface area (Å²) in [6, 6.07) is -1.02. The zero-order chi connectivity index (χ0) is 26.9. The molecule has 0 fully saturated rings. The molecule has 0 aliphatic rings. The van der Waals surface area contributed by atoms with Crippen LogP contribution in [0, 0.1) is 0 Å². The van der Waals surface area contributed by atoms with E-state index in [1.807, 2.05) is 13.8 Å². The average molecular weight is 514 g/mol. The number of ether oxygens (including phenoxy) is 2. The highest BCUT2D eigenvalue weighted by Crippen LogP contribution is 2.12. The van der Waals surface area contributed by atoms with E-state index < -0.39 is 12.0 Å². The van der Waals surface area contributed by atoms with E-state index >= 15 is 0 Å². The van der Waals surface area contributed by atoms with Crippen LogP contribution in [0.4, 0.5) is 0 Å². The maximum Gasteiger partial charge on any atom is 0.326 e. The second-order valence-electron chi connectivity index (χ2n) is 9.38. The minimum Gasteiger partial charge on any atom is -0.480 e. The molecule has 0 radical (unpaired) electrons. The number of aliphatic carboxylic acids is 1. The van der Waals surface area contributed by atoms with Gasteiger partial charge in [0.05, 0.1) is 13.2 Å². The molecule has 0 aliphatic carbocycles. The first-order chi connectivity index (χ1) is 17.4. The molecule has 210 valence electrons. The third-order valence-electron chi connectivity index (χ3n) is 6.17. The normalized spacial score (nSPS) is 11.8. The summed E-state index contributed by atoms with van der Waals surface area (Å²) >= 11 is 0. The van der Waals surface area contributed by atoms with Crippen molar-refractivity contribution in [2.75, 3.05) is 26.4 Å². The summed E-state index contributed by atoms with van der Waals surface area (Å²) in [6.45, 7) is 5.99. The van der Waals surface area contributed by atoms with Gasteiger partial charge in [0.15, 0.2) is 0 Å². The van der Waals surface area contributed by atoms with Gasteiger partial charge in [-0.15, -0.1) is 0 Å². The average Bonchev–Trinajstić information content (AvgIpc) is 2.86. The van der Waals surface area contributed by atoms with Crippen molar-refractivity contribution in [1.29, 1.82) is 0 Å². The summed E-state index contributed by atoms with van der Waals surface area (Å²) in [5.41, 5.74) is 0. The number of carbonyl (C=O) groups excluding carboxylic acids is 3. The van der Waals surface area contributed by atoms with Crippen LogP contribution >= 0.6 is 0 Å². The van der Waals surface area contributed by atoms with Crippen molar-refractivity contribution < 1.29 is 33.8 Å². The van der Waals surface area contributed by atoms with Crippen LogP contribution in [-0.2, 0) is 28.7 Å². The van der Waals surface area contributed by atoms with Crippen LogP contribution in [0.1, 0.15) is 123 Å². The van der Waals surface area contributed by atoms with Crippen LogP contribution < -0.4 is 5.32 Å². The summed E-state index contributed by atoms with van der Waals surface area (Å²) in [7, 11) is 0. The number of ketones is 2. The van der Waals surface area contributed by atoms with E-state index in [4.69, 9.17) is 9.47 Å². The number of nitrogens with one attached hydrogen (secondary N) is 1. The maximum absolute atomic E-state index is 12.1. The number of unbranched alkanes of at least 4 members (excludes halogenated alkanes) is 9. The lowest BCUT2D eigenvalue weighted by Crippen LogP contribution is -2.41. The fraction of sp³-hybridized carbons (Fsp3) is 0.857. The molecule has 0 spiro atoms. The summed E-state index contributed by atoms with van der Waals surface area (Å²) in [5, 5.41) is 11.9. The van der Waals surface area contributed by atoms with Crippen molar-refractivity contribution in [3.05, 3.63) is 0 Å². The molecule has 1 amide bonds. The molecule has 0 bridgehead atoms. The van der Waals surface area contributed by atoms with Gasteiger partial charge in [0.1, 0.15) is 17.6 Å². The predicted molar refractivity (Wildman–Crippen MR) is 141 cm³/mol. The first-order valence-corrected chi connectivity index (χ1v) is 14.1. The van der Waals surface area contributed by atoms with E-state index in [9.17, 15) is 24.3 Å². The van der Waals surface area contributed by atoms with Gasteiger partial charge < -0.3 is 19.9 Å². The molecule has 36 heavy (non-hydrogen) atoms. The van der Waals surface area contributed by atoms with Gasteiger partial charge in [-0.25, -0.2) is 4.79 Å². The SMILES string of the molecule is CCOCCOCCCC(=O)CC[C@H](NC(=O)CCCCCCCCCCCCC(=O)CC)C(=O)O. The van der Waals surface area contributed by atoms with Crippen LogP contribution in [-0.4, -0.2) is 61.0 Å². The number of amides is 1. The Bertz CT molecular complexity index is 594. The Morgan fingerprint density at radius 1 is 0.639 bits per heavy atom. The smallest absolute Gasteiger partial charge is 0.326 e. The van der Waals surface area contributed by atoms with Crippen LogP contribution in [0.25, 0.3) is 0 Å². The van der Waals surface area contributed by atoms with E-state index in [2.05, 4.69) is 5.32 Å². The van der Waals surface area contributed by atoms with Crippen molar-refractivity contribution in [2.24, 2.45) is 0 Å². The Labute approximate surface area is 218 Å². The number of hydrogen-bond donors (Lipinski definition) is 2. The van der Waals surface area contributed by atoms with E-state index in [0.717, 1.165) is 44.9 Å². The van der Waals surface area contributed by atoms with E-state index in [1.54, 1.807) is 0 Å². The standard InChI is InChI=1S/C28H51NO7/c1-3-24(30)16-13-11-9-7-5-6-8-10-12-14-18-27(32)29-26(28(33)34)20-19-25(31)17-15-21-36-23-22-35-4-2/h26H,3-23H2,1-2H3,(H,29,32)(H,33,34)/t26-/m0/s1. The van der Waals surface area contributed by atoms with Crippen molar-refractivity contribution in [1.82, 2.24) is 5.32 Å². The molecular weight excluding hydrogens is 462 g/mol. The monoisotopic (exact) mass is 513 g/mol. The van der Waals surface area contributed by atoms with Gasteiger partial charge in [-0.1, -0.05) is 58.3 Å². The molecule has 8 nitrogen and oxygen atoms in total. The lowest BCUT2D eigenvalue weighted by atomic mass is 10.0. The Balaban J connectivity index is 3.72. The van der Waals surface area contributed by atoms with Crippen LogP contribution in [0.3, 0.4) is 0 Å². The zero-order valence-corrected chi connectivity index (χ0v) is 22.8. The summed E-state index contributed by atoms with van der Waals surface area (Å²) in [5.74, 6) is -1.03. The third-order valence-corrected chi connectivity index (χ3v) is 6.17. The summed E-state index contributed by atoms with van der Waals surface area (Å²) in [6.07, 6.45) is 13.7. The fourth-order valence-corrected chi connectivity index (χ4v) is 3.89. The zero-order valence-electron chi connectivity index (χ0n) is 22.8. The number of carbonyl (C=O) groups is 4. The van der Waals surface area contributed by atoms with Crippen molar-refractivity contribution >= 4 is 23.4 Å². The van der Waals surface area contributed by atoms with Gasteiger partial charge in [0.25, 0.3) is 0 Å². The minimum atomic E-state index is -1.10. The summed E-state index contributed by atoms with van der Waals surface area (Å²) in [4.78, 5) is 46.9. The summed E-state index contributed by atoms with van der Waals surface area (Å²) < 4.78 is 10.5. The molecule has 0 aromatic rings. The quantitative estimate of drug-likeness (QED) is 0.141. The van der Waals surface area contributed by atoms with Crippen LogP contribution in [0.15, 0.2) is 0 Å². The maximum atomic E-state index is 12.1. The number of rotatable bonds is 27. The Morgan fingerprint density at radius 3 is 1.72 bits per heavy atom. The molecule has 0 rings (SSSR count). The molecule has 0 heterocycles. The number of Topliss-reactive ketones (excluding diaryl/α,β-unsaturated/α-hetero) is 2. The first-order valence-electron chi connectivity index (χ1n) is 14.1. The van der Waals surface area contributed by atoms with Gasteiger partial charge in [0, 0.05) is 45.3 Å². The highest BCUT2D eigenvalue weighted by molar-refractivity contribution is 5.84. The Kier molecular flexibility index (Phi) is 23.6. The molecule has 0 saturated carbocycles. The molecular formula is C28H51NO7. The second kappa shape index (κ2) is 24.9. The molecule has 0 unspecified atom stereocenters. The number of carboxylic acids is 1. The molecule has 0 aromatic heterocycles. The van der Waals surface area contributed by atoms with Crippen LogP contribution in [0.5, 0.6) is 0 Å². The first kappa shape index (κ1) is 34.2. The highest BCUT2D eigenvalue weighted by atomic mass is 16.5. The number of hydrogen-bond acceptors (Lipinski definition) is 6. The van der Waals surface area contributed by atoms with Crippen LogP contribution in [0.2, 0.25) is 0 Å². The second-order valence-corrected chi connectivity index (χ2v) is 9.38. The van der Waals surface area contributed by atoms with E-state index in [1.165, 1.54) is 25.7 Å². The van der Waals surface area contributed by atoms with Crippen molar-refractivity contribution in [3.63, 3.8) is 0 Å². The highest BCUT2D eigenvalue weighted by Gasteiger charge is 2.20. The topological polar surface area (TPSA) is 119 Å². The Morgan fingerprint density at radius 2 is 1.17 bits per heavy atom. The molecule has 1 atom stereocenters. The predicted octanol–water partition coefficient (Wildman–Crippen LogP) is 5.40. The van der Waals surface area contributed by atoms with Gasteiger partial charge in [-0.3, -0.25) is 14.4 Å². The molecule has 0 aromatic carbocycles. The van der Waals surface area contributed by atoms with Gasteiger partial charge in [-0.2, -0.15) is 0 Å². The lowest BCUT2D eigenvalue weighted by Gasteiger charge is -2.14. The molecule has 0 aliphatic heterocycles. The molecule has 8 heteroatoms. The van der Waals surface area contributed by atoms with Crippen molar-refractivity contribution in [3.8, 4) is 0 Å². The minimum absolute atomic E-state index is 0.0181. The third kappa shape index (κ3) is 22.7. The number of carboxylic acid groups (broad SMARTS) is 1. The molecule has 0 saturated heterocycles. The van der Waals surface area contributed by atoms with E-state index in [0.29, 0.717) is 57.9 Å². The van der Waals surface area contributed by atoms with E-state index in [-0.39, 0.29) is 24.5 Å². The largest absolute Gasteiger partial charge is 0.480 e.